The second-order valence-electron chi connectivity index (χ2n) is 6.89. The highest BCUT2D eigenvalue weighted by molar-refractivity contribution is 8.01. The Labute approximate surface area is 173 Å². The molecule has 9 heteroatoms. The van der Waals surface area contributed by atoms with Crippen LogP contribution in [0.3, 0.4) is 0 Å². The van der Waals surface area contributed by atoms with Gasteiger partial charge in [-0.25, -0.2) is 4.79 Å². The van der Waals surface area contributed by atoms with Crippen LogP contribution in [0.4, 0.5) is 9.93 Å². The first kappa shape index (κ1) is 20.6. The summed E-state index contributed by atoms with van der Waals surface area (Å²) in [5.41, 5.74) is 1.16. The number of carbonyl (C=O) groups excluding carboxylic acids is 2. The average Bonchev–Trinajstić information content (AvgIpc) is 3.15. The highest BCUT2D eigenvalue weighted by Crippen LogP contribution is 2.26. The maximum absolute atomic E-state index is 12.0. The van der Waals surface area contributed by atoms with Gasteiger partial charge in [0.2, 0.25) is 11.0 Å². The standard InChI is InChI=1S/C19H25N5O2S2/c1-13-7-5-6-10-15(13)21-17(26)22-16(25)12-27-19-24-23-18(28-19)20-11-14-8-3-2-4-9-14/h2-4,8-9,13,15H,5-7,10-12H2,1H3,(H,20,23)(H2,21,22,25,26)/t13-,15-/m1/s1. The molecule has 0 bridgehead atoms. The van der Waals surface area contributed by atoms with E-state index in [-0.39, 0.29) is 17.7 Å². The van der Waals surface area contributed by atoms with E-state index in [1.165, 1.54) is 29.5 Å². The van der Waals surface area contributed by atoms with Crippen molar-refractivity contribution in [2.75, 3.05) is 11.1 Å². The SMILES string of the molecule is C[C@@H]1CCCC[C@H]1NC(=O)NC(=O)CSc1nnc(NCc2ccccc2)s1. The Bertz CT molecular complexity index is 784. The van der Waals surface area contributed by atoms with Crippen LogP contribution in [0.2, 0.25) is 0 Å². The maximum atomic E-state index is 12.0. The molecule has 3 amide bonds. The van der Waals surface area contributed by atoms with E-state index in [9.17, 15) is 9.59 Å². The van der Waals surface area contributed by atoms with E-state index in [1.54, 1.807) is 0 Å². The molecule has 7 nitrogen and oxygen atoms in total. The number of aromatic nitrogens is 2. The number of urea groups is 1. The topological polar surface area (TPSA) is 96.0 Å². The molecule has 1 heterocycles. The second-order valence-corrected chi connectivity index (χ2v) is 9.09. The molecule has 1 saturated carbocycles. The van der Waals surface area contributed by atoms with Crippen LogP contribution in [0, 0.1) is 5.92 Å². The van der Waals surface area contributed by atoms with Crippen molar-refractivity contribution in [1.82, 2.24) is 20.8 Å². The van der Waals surface area contributed by atoms with Crippen molar-refractivity contribution in [3.8, 4) is 0 Å². The van der Waals surface area contributed by atoms with E-state index in [0.29, 0.717) is 21.9 Å². The van der Waals surface area contributed by atoms with Crippen molar-refractivity contribution in [3.05, 3.63) is 35.9 Å². The lowest BCUT2D eigenvalue weighted by atomic mass is 9.86. The van der Waals surface area contributed by atoms with Gasteiger partial charge in [-0.3, -0.25) is 10.1 Å². The molecule has 2 aromatic rings. The quantitative estimate of drug-likeness (QED) is 0.593. The Hall–Kier alpha value is -2.13. The predicted octanol–water partition coefficient (Wildman–Crippen LogP) is 3.65. The number of amides is 3. The second kappa shape index (κ2) is 10.4. The molecule has 150 valence electrons. The van der Waals surface area contributed by atoms with Crippen LogP contribution in [0.5, 0.6) is 0 Å². The maximum Gasteiger partial charge on any atom is 0.321 e. The highest BCUT2D eigenvalue weighted by atomic mass is 32.2. The summed E-state index contributed by atoms with van der Waals surface area (Å²) in [6, 6.07) is 9.76. The van der Waals surface area contributed by atoms with E-state index in [1.807, 2.05) is 30.3 Å². The summed E-state index contributed by atoms with van der Waals surface area (Å²) in [6.07, 6.45) is 4.42. The molecular weight excluding hydrogens is 394 g/mol. The monoisotopic (exact) mass is 419 g/mol. The normalized spacial score (nSPS) is 19.0. The zero-order valence-corrected chi connectivity index (χ0v) is 17.4. The van der Waals surface area contributed by atoms with Crippen LogP contribution in [0.1, 0.15) is 38.2 Å². The van der Waals surface area contributed by atoms with Crippen molar-refractivity contribution in [2.45, 2.75) is 49.5 Å². The number of thioether (sulfide) groups is 1. The molecule has 0 saturated heterocycles. The summed E-state index contributed by atoms with van der Waals surface area (Å²) < 4.78 is 0.687. The lowest BCUT2D eigenvalue weighted by molar-refractivity contribution is -0.117. The number of anilines is 1. The Balaban J connectivity index is 1.37. The van der Waals surface area contributed by atoms with Crippen molar-refractivity contribution < 1.29 is 9.59 Å². The number of hydrogen-bond donors (Lipinski definition) is 3. The van der Waals surface area contributed by atoms with E-state index in [2.05, 4.69) is 33.1 Å². The lowest BCUT2D eigenvalue weighted by Gasteiger charge is -2.29. The highest BCUT2D eigenvalue weighted by Gasteiger charge is 2.23. The Morgan fingerprint density at radius 3 is 2.75 bits per heavy atom. The van der Waals surface area contributed by atoms with Crippen LogP contribution in [-0.2, 0) is 11.3 Å². The summed E-state index contributed by atoms with van der Waals surface area (Å²) >= 11 is 2.66. The molecular formula is C19H25N5O2S2. The van der Waals surface area contributed by atoms with Crippen molar-refractivity contribution >= 4 is 40.2 Å². The molecule has 1 fully saturated rings. The fourth-order valence-corrected chi connectivity index (χ4v) is 4.69. The van der Waals surface area contributed by atoms with Gasteiger partial charge >= 0.3 is 6.03 Å². The van der Waals surface area contributed by atoms with Gasteiger partial charge in [-0.05, 0) is 24.3 Å². The van der Waals surface area contributed by atoms with E-state index in [0.717, 1.165) is 24.8 Å². The molecule has 3 N–H and O–H groups in total. The summed E-state index contributed by atoms with van der Waals surface area (Å²) in [7, 11) is 0. The first-order valence-electron chi connectivity index (χ1n) is 9.44. The number of rotatable bonds is 7. The van der Waals surface area contributed by atoms with E-state index < -0.39 is 6.03 Å². The first-order chi connectivity index (χ1) is 13.6. The molecule has 1 aliphatic rings. The number of nitrogens with one attached hydrogen (secondary N) is 3. The molecule has 28 heavy (non-hydrogen) atoms. The van der Waals surface area contributed by atoms with Gasteiger partial charge in [0.25, 0.3) is 0 Å². The number of imide groups is 1. The van der Waals surface area contributed by atoms with Crippen LogP contribution < -0.4 is 16.0 Å². The number of carbonyl (C=O) groups is 2. The largest absolute Gasteiger partial charge is 0.356 e. The summed E-state index contributed by atoms with van der Waals surface area (Å²) in [6.45, 7) is 2.81. The average molecular weight is 420 g/mol. The summed E-state index contributed by atoms with van der Waals surface area (Å²) in [5, 5.41) is 17.4. The van der Waals surface area contributed by atoms with Gasteiger partial charge in [0.1, 0.15) is 0 Å². The number of hydrogen-bond acceptors (Lipinski definition) is 7. The molecule has 0 radical (unpaired) electrons. The minimum atomic E-state index is -0.410. The third kappa shape index (κ3) is 6.49. The van der Waals surface area contributed by atoms with E-state index in [4.69, 9.17) is 0 Å². The van der Waals surface area contributed by atoms with Gasteiger partial charge in [-0.2, -0.15) is 0 Å². The molecule has 1 aromatic carbocycles. The number of benzene rings is 1. The van der Waals surface area contributed by atoms with Crippen LogP contribution in [0.15, 0.2) is 34.7 Å². The molecule has 0 spiro atoms. The predicted molar refractivity (Wildman–Crippen MR) is 112 cm³/mol. The summed E-state index contributed by atoms with van der Waals surface area (Å²) in [5.74, 6) is 0.244. The Kier molecular flexibility index (Phi) is 7.67. The van der Waals surface area contributed by atoms with Gasteiger partial charge in [-0.1, -0.05) is 73.2 Å². The minimum absolute atomic E-state index is 0.126. The zero-order chi connectivity index (χ0) is 19.8. The third-order valence-electron chi connectivity index (χ3n) is 4.70. The van der Waals surface area contributed by atoms with Crippen LogP contribution in [-0.4, -0.2) is 33.9 Å². The van der Waals surface area contributed by atoms with Gasteiger partial charge in [-0.15, -0.1) is 10.2 Å². The Morgan fingerprint density at radius 2 is 1.96 bits per heavy atom. The first-order valence-corrected chi connectivity index (χ1v) is 11.2. The van der Waals surface area contributed by atoms with Crippen molar-refractivity contribution in [3.63, 3.8) is 0 Å². The fraction of sp³-hybridized carbons (Fsp3) is 0.474. The molecule has 1 aliphatic carbocycles. The smallest absolute Gasteiger partial charge is 0.321 e. The molecule has 3 rings (SSSR count). The number of nitrogens with zero attached hydrogens (tertiary/aromatic N) is 2. The minimum Gasteiger partial charge on any atom is -0.356 e. The fourth-order valence-electron chi connectivity index (χ4n) is 3.14. The molecule has 2 atom stereocenters. The van der Waals surface area contributed by atoms with Crippen molar-refractivity contribution in [1.29, 1.82) is 0 Å². The van der Waals surface area contributed by atoms with Crippen LogP contribution in [0.25, 0.3) is 0 Å². The van der Waals surface area contributed by atoms with Crippen molar-refractivity contribution in [2.24, 2.45) is 5.92 Å². The van der Waals surface area contributed by atoms with Gasteiger partial charge in [0, 0.05) is 12.6 Å². The van der Waals surface area contributed by atoms with Gasteiger partial charge in [0.15, 0.2) is 4.34 Å². The Morgan fingerprint density at radius 1 is 1.18 bits per heavy atom. The molecule has 0 unspecified atom stereocenters. The summed E-state index contributed by atoms with van der Waals surface area (Å²) in [4.78, 5) is 24.0. The van der Waals surface area contributed by atoms with Crippen LogP contribution >= 0.6 is 23.1 Å². The van der Waals surface area contributed by atoms with Gasteiger partial charge in [0.05, 0.1) is 5.75 Å². The molecule has 0 aliphatic heterocycles. The van der Waals surface area contributed by atoms with Gasteiger partial charge < -0.3 is 10.6 Å². The third-order valence-corrected chi connectivity index (χ3v) is 6.71. The zero-order valence-electron chi connectivity index (χ0n) is 15.8. The lowest BCUT2D eigenvalue weighted by Crippen LogP contribution is -2.48. The van der Waals surface area contributed by atoms with E-state index >= 15 is 0 Å². The molecule has 1 aromatic heterocycles.